The van der Waals surface area contributed by atoms with Gasteiger partial charge in [0.05, 0.1) is 0 Å². The van der Waals surface area contributed by atoms with Gasteiger partial charge in [-0.05, 0) is 24.1 Å². The van der Waals surface area contributed by atoms with Crippen LogP contribution in [0.25, 0.3) is 0 Å². The summed E-state index contributed by atoms with van der Waals surface area (Å²) in [4.78, 5) is 1.39. The lowest BCUT2D eigenvalue weighted by atomic mass is 10.2. The van der Waals surface area contributed by atoms with E-state index in [9.17, 15) is 0 Å². The molecule has 18 heavy (non-hydrogen) atoms. The highest BCUT2D eigenvalue weighted by atomic mass is 32.2. The van der Waals surface area contributed by atoms with E-state index in [-0.39, 0.29) is 0 Å². The van der Waals surface area contributed by atoms with Crippen LogP contribution in [0.15, 0.2) is 59.5 Å². The molecule has 0 aliphatic carbocycles. The highest BCUT2D eigenvalue weighted by Gasteiger charge is 1.97. The van der Waals surface area contributed by atoms with Crippen LogP contribution in [0, 0.1) is 6.92 Å². The van der Waals surface area contributed by atoms with Crippen molar-refractivity contribution in [2.45, 2.75) is 18.4 Å². The van der Waals surface area contributed by atoms with Crippen LogP contribution in [0.1, 0.15) is 11.1 Å². The quantitative estimate of drug-likeness (QED) is 0.622. The van der Waals surface area contributed by atoms with Gasteiger partial charge in [-0.2, -0.15) is 0 Å². The first kappa shape index (κ1) is 13.2. The Morgan fingerprint density at radius 1 is 0.944 bits per heavy atom. The summed E-state index contributed by atoms with van der Waals surface area (Å²) < 4.78 is 0. The van der Waals surface area contributed by atoms with Crippen LogP contribution in [0.2, 0.25) is 0 Å². The Kier molecular flexibility index (Phi) is 5.31. The second kappa shape index (κ2) is 7.24. The summed E-state index contributed by atoms with van der Waals surface area (Å²) in [6, 6.07) is 19.1. The minimum absolute atomic E-state index is 0.954. The summed E-state index contributed by atoms with van der Waals surface area (Å²) >= 11 is 1.92. The highest BCUT2D eigenvalue weighted by molar-refractivity contribution is 7.99. The molecule has 0 amide bonds. The van der Waals surface area contributed by atoms with Gasteiger partial charge in [-0.1, -0.05) is 48.5 Å². The summed E-state index contributed by atoms with van der Waals surface area (Å²) in [6.07, 6.45) is 0. The molecule has 94 valence electrons. The van der Waals surface area contributed by atoms with E-state index in [1.165, 1.54) is 16.0 Å². The molecule has 0 radical (unpaired) electrons. The molecule has 0 aromatic heterocycles. The molecule has 0 unspecified atom stereocenters. The number of rotatable bonds is 6. The second-order valence-corrected chi connectivity index (χ2v) is 5.41. The zero-order valence-electron chi connectivity index (χ0n) is 10.7. The number of benzene rings is 2. The Balaban J connectivity index is 1.66. The van der Waals surface area contributed by atoms with Crippen molar-refractivity contribution in [1.82, 2.24) is 5.32 Å². The lowest BCUT2D eigenvalue weighted by Gasteiger charge is -2.06. The Bertz CT molecular complexity index is 468. The lowest BCUT2D eigenvalue weighted by Crippen LogP contribution is -2.16. The Morgan fingerprint density at radius 2 is 1.67 bits per heavy atom. The fraction of sp³-hybridized carbons (Fsp3) is 0.250. The number of thioether (sulfide) groups is 1. The van der Waals surface area contributed by atoms with Crippen molar-refractivity contribution >= 4 is 11.8 Å². The van der Waals surface area contributed by atoms with Gasteiger partial charge in [-0.25, -0.2) is 0 Å². The number of nitrogens with one attached hydrogen (secondary N) is 1. The maximum Gasteiger partial charge on any atom is 0.0205 e. The van der Waals surface area contributed by atoms with Crippen LogP contribution >= 0.6 is 11.8 Å². The zero-order chi connectivity index (χ0) is 12.6. The third-order valence-electron chi connectivity index (χ3n) is 2.80. The van der Waals surface area contributed by atoms with Gasteiger partial charge in [-0.15, -0.1) is 11.8 Å². The van der Waals surface area contributed by atoms with Crippen molar-refractivity contribution < 1.29 is 0 Å². The molecule has 2 rings (SSSR count). The molecular weight excluding hydrogens is 238 g/mol. The topological polar surface area (TPSA) is 12.0 Å². The minimum atomic E-state index is 0.954. The predicted molar refractivity (Wildman–Crippen MR) is 80.1 cm³/mol. The first-order chi connectivity index (χ1) is 8.86. The molecule has 2 aromatic rings. The monoisotopic (exact) mass is 257 g/mol. The van der Waals surface area contributed by atoms with Gasteiger partial charge in [0, 0.05) is 23.7 Å². The van der Waals surface area contributed by atoms with E-state index in [4.69, 9.17) is 0 Å². The van der Waals surface area contributed by atoms with Gasteiger partial charge < -0.3 is 5.32 Å². The van der Waals surface area contributed by atoms with Gasteiger partial charge in [0.15, 0.2) is 0 Å². The summed E-state index contributed by atoms with van der Waals surface area (Å²) in [5, 5.41) is 3.47. The average Bonchev–Trinajstić information content (AvgIpc) is 2.42. The summed E-state index contributed by atoms with van der Waals surface area (Å²) in [5.74, 6) is 1.11. The largest absolute Gasteiger partial charge is 0.312 e. The number of hydrogen-bond acceptors (Lipinski definition) is 2. The number of aryl methyl sites for hydroxylation is 1. The van der Waals surface area contributed by atoms with Crippen molar-refractivity contribution in [3.05, 3.63) is 65.7 Å². The number of hydrogen-bond donors (Lipinski definition) is 1. The fourth-order valence-corrected chi connectivity index (χ4v) is 2.72. The van der Waals surface area contributed by atoms with E-state index in [1.54, 1.807) is 0 Å². The summed E-state index contributed by atoms with van der Waals surface area (Å²) in [7, 11) is 0. The van der Waals surface area contributed by atoms with Gasteiger partial charge in [0.1, 0.15) is 0 Å². The molecule has 1 N–H and O–H groups in total. The fourth-order valence-electron chi connectivity index (χ4n) is 1.78. The standard InChI is InChI=1S/C16H19NS/c1-14-7-5-6-10-16(14)18-12-11-17-13-15-8-3-2-4-9-15/h2-10,17H,11-13H2,1H3. The van der Waals surface area contributed by atoms with Crippen molar-refractivity contribution in [1.29, 1.82) is 0 Å². The van der Waals surface area contributed by atoms with Crippen LogP contribution in [-0.2, 0) is 6.54 Å². The maximum absolute atomic E-state index is 3.47. The first-order valence-electron chi connectivity index (χ1n) is 6.29. The summed E-state index contributed by atoms with van der Waals surface area (Å²) in [5.41, 5.74) is 2.71. The van der Waals surface area contributed by atoms with Crippen LogP contribution in [-0.4, -0.2) is 12.3 Å². The SMILES string of the molecule is Cc1ccccc1SCCNCc1ccccc1. The molecule has 0 aliphatic heterocycles. The molecule has 0 saturated heterocycles. The predicted octanol–water partition coefficient (Wildman–Crippen LogP) is 3.88. The Labute approximate surface area is 114 Å². The highest BCUT2D eigenvalue weighted by Crippen LogP contribution is 2.20. The van der Waals surface area contributed by atoms with E-state index in [0.717, 1.165) is 18.8 Å². The lowest BCUT2D eigenvalue weighted by molar-refractivity contribution is 0.732. The minimum Gasteiger partial charge on any atom is -0.312 e. The molecule has 0 aliphatic rings. The average molecular weight is 257 g/mol. The third-order valence-corrected chi connectivity index (χ3v) is 3.98. The summed E-state index contributed by atoms with van der Waals surface area (Å²) in [6.45, 7) is 4.16. The van der Waals surface area contributed by atoms with Crippen molar-refractivity contribution in [2.24, 2.45) is 0 Å². The van der Waals surface area contributed by atoms with Gasteiger partial charge in [0.2, 0.25) is 0 Å². The van der Waals surface area contributed by atoms with Crippen LogP contribution < -0.4 is 5.32 Å². The Morgan fingerprint density at radius 3 is 2.44 bits per heavy atom. The molecular formula is C16H19NS. The molecule has 0 fully saturated rings. The van der Waals surface area contributed by atoms with Crippen molar-refractivity contribution in [3.8, 4) is 0 Å². The van der Waals surface area contributed by atoms with Crippen molar-refractivity contribution in [2.75, 3.05) is 12.3 Å². The van der Waals surface area contributed by atoms with E-state index in [2.05, 4.69) is 66.8 Å². The van der Waals surface area contributed by atoms with Crippen LogP contribution in [0.5, 0.6) is 0 Å². The molecule has 1 nitrogen and oxygen atoms in total. The van der Waals surface area contributed by atoms with Gasteiger partial charge in [0.25, 0.3) is 0 Å². The zero-order valence-corrected chi connectivity index (χ0v) is 11.5. The van der Waals surface area contributed by atoms with Gasteiger partial charge in [-0.3, -0.25) is 0 Å². The third kappa shape index (κ3) is 4.21. The molecule has 0 heterocycles. The van der Waals surface area contributed by atoms with Gasteiger partial charge >= 0.3 is 0 Å². The molecule has 0 spiro atoms. The van der Waals surface area contributed by atoms with E-state index in [0.29, 0.717) is 0 Å². The molecule has 0 atom stereocenters. The van der Waals surface area contributed by atoms with Crippen molar-refractivity contribution in [3.63, 3.8) is 0 Å². The maximum atomic E-state index is 3.47. The normalized spacial score (nSPS) is 10.5. The second-order valence-electron chi connectivity index (χ2n) is 4.28. The van der Waals surface area contributed by atoms with E-state index >= 15 is 0 Å². The molecule has 0 bridgehead atoms. The van der Waals surface area contributed by atoms with Crippen LogP contribution in [0.3, 0.4) is 0 Å². The van der Waals surface area contributed by atoms with Crippen LogP contribution in [0.4, 0.5) is 0 Å². The smallest absolute Gasteiger partial charge is 0.0205 e. The molecule has 2 aromatic carbocycles. The van der Waals surface area contributed by atoms with E-state index < -0.39 is 0 Å². The molecule has 2 heteroatoms. The molecule has 0 saturated carbocycles. The van der Waals surface area contributed by atoms with E-state index in [1.807, 2.05) is 11.8 Å². The first-order valence-corrected chi connectivity index (χ1v) is 7.28. The Hall–Kier alpha value is -1.25.